The average molecular weight is 505 g/mol. The van der Waals surface area contributed by atoms with Gasteiger partial charge in [0.25, 0.3) is 5.91 Å². The molecule has 194 valence electrons. The van der Waals surface area contributed by atoms with Gasteiger partial charge in [0.05, 0.1) is 12.1 Å². The van der Waals surface area contributed by atoms with Gasteiger partial charge in [0.2, 0.25) is 11.8 Å². The Morgan fingerprint density at radius 2 is 1.78 bits per heavy atom. The molecule has 7 nitrogen and oxygen atoms in total. The molecule has 2 aromatic carbocycles. The summed E-state index contributed by atoms with van der Waals surface area (Å²) in [6.07, 6.45) is -2.47. The first-order valence-electron chi connectivity index (χ1n) is 11.8. The number of hydrogen-bond acceptors (Lipinski definition) is 4. The van der Waals surface area contributed by atoms with Gasteiger partial charge in [-0.2, -0.15) is 13.2 Å². The highest BCUT2D eigenvalue weighted by Gasteiger charge is 2.31. The second kappa shape index (κ2) is 12.0. The SMILES string of the molecule is Cc1ccc(CNC[C@H](NC(=O)CNC(=O)c2cccc(C(F)(F)F)c2)C(=O)NCC2CC2)c(C)c1. The standard InChI is InChI=1S/C26H31F3N4O3/c1-16-6-9-20(17(2)10-16)13-30-14-22(25(36)31-12-18-7-8-18)33-23(34)15-32-24(35)19-4-3-5-21(11-19)26(27,28)29/h3-6,9-11,18,22,30H,7-8,12-15H2,1-2H3,(H,31,36)(H,32,35)(H,33,34)/t22-/m0/s1. The van der Waals surface area contributed by atoms with E-state index >= 15 is 0 Å². The first-order valence-corrected chi connectivity index (χ1v) is 11.8. The number of halogens is 3. The van der Waals surface area contributed by atoms with Crippen molar-refractivity contribution in [2.75, 3.05) is 19.6 Å². The Kier molecular flexibility index (Phi) is 9.08. The lowest BCUT2D eigenvalue weighted by Gasteiger charge is -2.20. The molecule has 0 bridgehead atoms. The first kappa shape index (κ1) is 27.2. The number of nitrogens with one attached hydrogen (secondary N) is 4. The molecule has 2 aromatic rings. The van der Waals surface area contributed by atoms with Crippen LogP contribution in [0.5, 0.6) is 0 Å². The van der Waals surface area contributed by atoms with E-state index in [1.165, 1.54) is 6.07 Å². The van der Waals surface area contributed by atoms with Crippen molar-refractivity contribution in [3.63, 3.8) is 0 Å². The molecule has 1 fully saturated rings. The molecule has 0 saturated heterocycles. The first-order chi connectivity index (χ1) is 17.0. The van der Waals surface area contributed by atoms with Gasteiger partial charge in [0.15, 0.2) is 0 Å². The summed E-state index contributed by atoms with van der Waals surface area (Å²) < 4.78 is 38.7. The van der Waals surface area contributed by atoms with Gasteiger partial charge in [-0.05, 0) is 61.9 Å². The lowest BCUT2D eigenvalue weighted by Crippen LogP contribution is -2.53. The molecule has 1 atom stereocenters. The Hall–Kier alpha value is -3.40. The van der Waals surface area contributed by atoms with E-state index in [2.05, 4.69) is 27.3 Å². The van der Waals surface area contributed by atoms with Gasteiger partial charge in [0.1, 0.15) is 6.04 Å². The van der Waals surface area contributed by atoms with Crippen LogP contribution in [-0.2, 0) is 22.3 Å². The number of carbonyl (C=O) groups is 3. The largest absolute Gasteiger partial charge is 0.416 e. The molecule has 10 heteroatoms. The molecule has 36 heavy (non-hydrogen) atoms. The van der Waals surface area contributed by atoms with Gasteiger partial charge < -0.3 is 21.3 Å². The number of rotatable bonds is 11. The third-order valence-electron chi connectivity index (χ3n) is 5.94. The van der Waals surface area contributed by atoms with Crippen molar-refractivity contribution in [1.82, 2.24) is 21.3 Å². The van der Waals surface area contributed by atoms with Gasteiger partial charge in [-0.3, -0.25) is 14.4 Å². The third-order valence-corrected chi connectivity index (χ3v) is 5.94. The maximum absolute atomic E-state index is 12.9. The van der Waals surface area contributed by atoms with Gasteiger partial charge in [-0.15, -0.1) is 0 Å². The number of alkyl halides is 3. The zero-order chi connectivity index (χ0) is 26.3. The van der Waals surface area contributed by atoms with Crippen LogP contribution < -0.4 is 21.3 Å². The van der Waals surface area contributed by atoms with Crippen molar-refractivity contribution in [3.8, 4) is 0 Å². The molecule has 0 spiro atoms. The Labute approximate surface area is 208 Å². The molecule has 0 aromatic heterocycles. The molecule has 0 unspecified atom stereocenters. The van der Waals surface area contributed by atoms with Crippen LogP contribution in [0.3, 0.4) is 0 Å². The fourth-order valence-electron chi connectivity index (χ4n) is 3.64. The third kappa shape index (κ3) is 8.37. The number of carbonyl (C=O) groups excluding carboxylic acids is 3. The fraction of sp³-hybridized carbons (Fsp3) is 0.423. The molecule has 0 radical (unpaired) electrons. The molecule has 3 rings (SSSR count). The predicted molar refractivity (Wildman–Crippen MR) is 129 cm³/mol. The van der Waals surface area contributed by atoms with Crippen molar-refractivity contribution in [2.24, 2.45) is 5.92 Å². The van der Waals surface area contributed by atoms with Crippen molar-refractivity contribution in [2.45, 2.75) is 45.5 Å². The maximum atomic E-state index is 12.9. The van der Waals surface area contributed by atoms with Gasteiger partial charge in [0, 0.05) is 25.2 Å². The van der Waals surface area contributed by atoms with E-state index in [1.54, 1.807) is 0 Å². The van der Waals surface area contributed by atoms with Crippen molar-refractivity contribution >= 4 is 17.7 Å². The van der Waals surface area contributed by atoms with Crippen LogP contribution in [0.4, 0.5) is 13.2 Å². The lowest BCUT2D eigenvalue weighted by atomic mass is 10.1. The summed E-state index contributed by atoms with van der Waals surface area (Å²) in [7, 11) is 0. The van der Waals surface area contributed by atoms with Crippen LogP contribution in [0.25, 0.3) is 0 Å². The number of aryl methyl sites for hydroxylation is 2. The van der Waals surface area contributed by atoms with Crippen LogP contribution >= 0.6 is 0 Å². The number of benzene rings is 2. The monoisotopic (exact) mass is 504 g/mol. The van der Waals surface area contributed by atoms with Crippen LogP contribution in [0, 0.1) is 19.8 Å². The van der Waals surface area contributed by atoms with E-state index in [9.17, 15) is 27.6 Å². The predicted octanol–water partition coefficient (Wildman–Crippen LogP) is 2.85. The number of amides is 3. The molecule has 0 heterocycles. The van der Waals surface area contributed by atoms with Crippen LogP contribution in [-0.4, -0.2) is 43.4 Å². The molecule has 1 aliphatic rings. The zero-order valence-electron chi connectivity index (χ0n) is 20.3. The molecule has 1 aliphatic carbocycles. The van der Waals surface area contributed by atoms with E-state index in [1.807, 2.05) is 26.0 Å². The maximum Gasteiger partial charge on any atom is 0.416 e. The van der Waals surface area contributed by atoms with Crippen LogP contribution in [0.15, 0.2) is 42.5 Å². The van der Waals surface area contributed by atoms with E-state index in [-0.39, 0.29) is 18.0 Å². The molecular formula is C26H31F3N4O3. The summed E-state index contributed by atoms with van der Waals surface area (Å²) in [5, 5.41) is 10.9. The highest BCUT2D eigenvalue weighted by Crippen LogP contribution is 2.29. The normalized spacial score (nSPS) is 14.1. The Balaban J connectivity index is 1.55. The van der Waals surface area contributed by atoms with Crippen molar-refractivity contribution in [3.05, 3.63) is 70.3 Å². The van der Waals surface area contributed by atoms with Gasteiger partial charge in [-0.1, -0.05) is 29.8 Å². The fourth-order valence-corrected chi connectivity index (χ4v) is 3.64. The van der Waals surface area contributed by atoms with E-state index in [0.717, 1.165) is 47.7 Å². The summed E-state index contributed by atoms with van der Waals surface area (Å²) in [4.78, 5) is 37.4. The van der Waals surface area contributed by atoms with Crippen LogP contribution in [0.2, 0.25) is 0 Å². The molecule has 0 aliphatic heterocycles. The Morgan fingerprint density at radius 3 is 2.44 bits per heavy atom. The topological polar surface area (TPSA) is 99.3 Å². The zero-order valence-corrected chi connectivity index (χ0v) is 20.3. The molecule has 4 N–H and O–H groups in total. The van der Waals surface area contributed by atoms with Crippen molar-refractivity contribution < 1.29 is 27.6 Å². The minimum Gasteiger partial charge on any atom is -0.354 e. The Morgan fingerprint density at radius 1 is 1.03 bits per heavy atom. The molecule has 1 saturated carbocycles. The molecular weight excluding hydrogens is 473 g/mol. The van der Waals surface area contributed by atoms with E-state index < -0.39 is 36.1 Å². The summed E-state index contributed by atoms with van der Waals surface area (Å²) >= 11 is 0. The van der Waals surface area contributed by atoms with Gasteiger partial charge in [-0.25, -0.2) is 0 Å². The summed E-state index contributed by atoms with van der Waals surface area (Å²) in [6.45, 7) is 4.72. The second-order valence-corrected chi connectivity index (χ2v) is 9.13. The minimum absolute atomic E-state index is 0.164. The van der Waals surface area contributed by atoms with E-state index in [0.29, 0.717) is 19.0 Å². The van der Waals surface area contributed by atoms with E-state index in [4.69, 9.17) is 0 Å². The van der Waals surface area contributed by atoms with Crippen molar-refractivity contribution in [1.29, 1.82) is 0 Å². The Bertz CT molecular complexity index is 1100. The second-order valence-electron chi connectivity index (χ2n) is 9.13. The average Bonchev–Trinajstić information content (AvgIpc) is 3.66. The summed E-state index contributed by atoms with van der Waals surface area (Å²) in [6, 6.07) is 9.12. The molecule has 3 amide bonds. The van der Waals surface area contributed by atoms with Gasteiger partial charge >= 0.3 is 6.18 Å². The smallest absolute Gasteiger partial charge is 0.354 e. The quantitative estimate of drug-likeness (QED) is 0.378. The highest BCUT2D eigenvalue weighted by atomic mass is 19.4. The minimum atomic E-state index is -4.58. The van der Waals surface area contributed by atoms with Crippen LogP contribution in [0.1, 0.15) is 45.5 Å². The lowest BCUT2D eigenvalue weighted by molar-refractivity contribution is -0.137. The summed E-state index contributed by atoms with van der Waals surface area (Å²) in [5.74, 6) is -1.33. The highest BCUT2D eigenvalue weighted by molar-refractivity contribution is 5.97. The number of hydrogen-bond donors (Lipinski definition) is 4. The summed E-state index contributed by atoms with van der Waals surface area (Å²) in [5.41, 5.74) is 2.15.